The summed E-state index contributed by atoms with van der Waals surface area (Å²) in [6.45, 7) is 0. The Balaban J connectivity index is 1.90. The van der Waals surface area contributed by atoms with Crippen molar-refractivity contribution in [2.75, 3.05) is 0 Å². The van der Waals surface area contributed by atoms with Gasteiger partial charge in [0.25, 0.3) is 5.69 Å². The Morgan fingerprint density at radius 1 is 1.04 bits per heavy atom. The standard InChI is InChI=1S/C17H11FN4O2/c1-21-16-7-4-12(22(23)24)9-15(16)20-17(21)14-5-2-10-8-11(18)3-6-13(10)19-14/h2-9H,1H3. The van der Waals surface area contributed by atoms with Gasteiger partial charge in [-0.15, -0.1) is 0 Å². The third kappa shape index (κ3) is 2.18. The normalized spacial score (nSPS) is 11.2. The van der Waals surface area contributed by atoms with E-state index in [9.17, 15) is 14.5 Å². The van der Waals surface area contributed by atoms with E-state index in [1.165, 1.54) is 24.3 Å². The van der Waals surface area contributed by atoms with Gasteiger partial charge in [0.2, 0.25) is 0 Å². The SMILES string of the molecule is Cn1c(-c2ccc3cc(F)ccc3n2)nc2cc([N+](=O)[O-])ccc21. The second-order valence-corrected chi connectivity index (χ2v) is 5.46. The Morgan fingerprint density at radius 2 is 1.88 bits per heavy atom. The number of aryl methyl sites for hydroxylation is 1. The molecule has 0 aliphatic carbocycles. The molecule has 2 aromatic carbocycles. The second kappa shape index (κ2) is 5.09. The zero-order chi connectivity index (χ0) is 16.8. The molecular formula is C17H11FN4O2. The van der Waals surface area contributed by atoms with Crippen LogP contribution in [0.1, 0.15) is 0 Å². The predicted octanol–water partition coefficient (Wildman–Crippen LogP) is 3.84. The first-order valence-corrected chi connectivity index (χ1v) is 7.20. The minimum absolute atomic E-state index is 0.00547. The van der Waals surface area contributed by atoms with Gasteiger partial charge in [0, 0.05) is 24.6 Å². The van der Waals surface area contributed by atoms with Gasteiger partial charge in [-0.2, -0.15) is 0 Å². The monoisotopic (exact) mass is 322 g/mol. The lowest BCUT2D eigenvalue weighted by molar-refractivity contribution is -0.384. The topological polar surface area (TPSA) is 73.8 Å². The molecule has 0 N–H and O–H groups in total. The molecule has 2 heterocycles. The number of rotatable bonds is 2. The van der Waals surface area contributed by atoms with Crippen LogP contribution in [-0.4, -0.2) is 19.5 Å². The summed E-state index contributed by atoms with van der Waals surface area (Å²) in [4.78, 5) is 19.4. The minimum Gasteiger partial charge on any atom is -0.326 e. The van der Waals surface area contributed by atoms with E-state index in [4.69, 9.17) is 0 Å². The van der Waals surface area contributed by atoms with Crippen LogP contribution < -0.4 is 0 Å². The number of nitro benzene ring substituents is 1. The summed E-state index contributed by atoms with van der Waals surface area (Å²) in [5, 5.41) is 11.6. The largest absolute Gasteiger partial charge is 0.326 e. The van der Waals surface area contributed by atoms with Crippen LogP contribution in [-0.2, 0) is 7.05 Å². The van der Waals surface area contributed by atoms with Crippen LogP contribution in [0.3, 0.4) is 0 Å². The molecule has 7 heteroatoms. The van der Waals surface area contributed by atoms with Crippen molar-refractivity contribution in [1.82, 2.24) is 14.5 Å². The fourth-order valence-electron chi connectivity index (χ4n) is 2.75. The molecule has 6 nitrogen and oxygen atoms in total. The van der Waals surface area contributed by atoms with Crippen LogP contribution in [0.15, 0.2) is 48.5 Å². The molecule has 24 heavy (non-hydrogen) atoms. The third-order valence-corrected chi connectivity index (χ3v) is 3.96. The van der Waals surface area contributed by atoms with Gasteiger partial charge < -0.3 is 4.57 Å². The first kappa shape index (κ1) is 14.3. The highest BCUT2D eigenvalue weighted by Crippen LogP contribution is 2.26. The molecule has 0 bridgehead atoms. The van der Waals surface area contributed by atoms with Gasteiger partial charge in [0.15, 0.2) is 5.82 Å². The van der Waals surface area contributed by atoms with Gasteiger partial charge in [-0.1, -0.05) is 6.07 Å². The Hall–Kier alpha value is -3.35. The number of benzene rings is 2. The Labute approximate surface area is 135 Å². The van der Waals surface area contributed by atoms with E-state index in [-0.39, 0.29) is 11.5 Å². The zero-order valence-corrected chi connectivity index (χ0v) is 12.6. The highest BCUT2D eigenvalue weighted by Gasteiger charge is 2.15. The van der Waals surface area contributed by atoms with Crippen molar-refractivity contribution in [3.63, 3.8) is 0 Å². The average molecular weight is 322 g/mol. The lowest BCUT2D eigenvalue weighted by atomic mass is 10.2. The van der Waals surface area contributed by atoms with Crippen LogP contribution in [0.5, 0.6) is 0 Å². The maximum Gasteiger partial charge on any atom is 0.271 e. The number of nitro groups is 1. The first-order chi connectivity index (χ1) is 11.5. The number of aromatic nitrogens is 3. The van der Waals surface area contributed by atoms with E-state index in [1.54, 1.807) is 24.3 Å². The van der Waals surface area contributed by atoms with Gasteiger partial charge in [-0.25, -0.2) is 14.4 Å². The Kier molecular flexibility index (Phi) is 3.02. The number of imidazole rings is 1. The molecule has 0 spiro atoms. The summed E-state index contributed by atoms with van der Waals surface area (Å²) in [7, 11) is 1.83. The van der Waals surface area contributed by atoms with Crippen molar-refractivity contribution in [2.24, 2.45) is 7.05 Å². The molecule has 0 fully saturated rings. The van der Waals surface area contributed by atoms with Crippen molar-refractivity contribution in [2.45, 2.75) is 0 Å². The fourth-order valence-corrected chi connectivity index (χ4v) is 2.75. The number of hydrogen-bond acceptors (Lipinski definition) is 4. The second-order valence-electron chi connectivity index (χ2n) is 5.46. The van der Waals surface area contributed by atoms with E-state index in [0.717, 1.165) is 5.52 Å². The van der Waals surface area contributed by atoms with Crippen molar-refractivity contribution in [1.29, 1.82) is 0 Å². The summed E-state index contributed by atoms with van der Waals surface area (Å²) in [5.74, 6) is 0.281. The van der Waals surface area contributed by atoms with Gasteiger partial charge >= 0.3 is 0 Å². The smallest absolute Gasteiger partial charge is 0.271 e. The van der Waals surface area contributed by atoms with E-state index in [2.05, 4.69) is 9.97 Å². The molecule has 4 aromatic rings. The van der Waals surface area contributed by atoms with Gasteiger partial charge in [-0.05, 0) is 30.3 Å². The number of pyridine rings is 1. The molecule has 118 valence electrons. The van der Waals surface area contributed by atoms with E-state index in [1.807, 2.05) is 11.6 Å². The molecule has 0 unspecified atom stereocenters. The maximum absolute atomic E-state index is 13.3. The number of nitrogens with zero attached hydrogens (tertiary/aromatic N) is 4. The molecule has 0 atom stereocenters. The number of fused-ring (bicyclic) bond motifs is 2. The maximum atomic E-state index is 13.3. The molecule has 4 rings (SSSR count). The molecule has 0 radical (unpaired) electrons. The molecular weight excluding hydrogens is 311 g/mol. The summed E-state index contributed by atoms with van der Waals surface area (Å²) < 4.78 is 15.1. The van der Waals surface area contributed by atoms with E-state index < -0.39 is 4.92 Å². The molecule has 2 aromatic heterocycles. The fraction of sp³-hybridized carbons (Fsp3) is 0.0588. The highest BCUT2D eigenvalue weighted by atomic mass is 19.1. The quantitative estimate of drug-likeness (QED) is 0.415. The molecule has 0 saturated carbocycles. The lowest BCUT2D eigenvalue weighted by Gasteiger charge is -2.04. The number of halogens is 1. The van der Waals surface area contributed by atoms with Crippen LogP contribution in [0.4, 0.5) is 10.1 Å². The minimum atomic E-state index is -0.448. The summed E-state index contributed by atoms with van der Waals surface area (Å²) in [6.07, 6.45) is 0. The van der Waals surface area contributed by atoms with E-state index in [0.29, 0.717) is 27.9 Å². The summed E-state index contributed by atoms with van der Waals surface area (Å²) in [6, 6.07) is 12.5. The lowest BCUT2D eigenvalue weighted by Crippen LogP contribution is -1.95. The van der Waals surface area contributed by atoms with Crippen molar-refractivity contribution < 1.29 is 9.31 Å². The summed E-state index contributed by atoms with van der Waals surface area (Å²) >= 11 is 0. The van der Waals surface area contributed by atoms with Crippen LogP contribution in [0.25, 0.3) is 33.5 Å². The number of non-ortho nitro benzene ring substituents is 1. The Bertz CT molecular complexity index is 1120. The van der Waals surface area contributed by atoms with Crippen LogP contribution >= 0.6 is 0 Å². The van der Waals surface area contributed by atoms with Crippen molar-refractivity contribution in [3.05, 3.63) is 64.5 Å². The molecule has 0 saturated heterocycles. The van der Waals surface area contributed by atoms with Crippen molar-refractivity contribution in [3.8, 4) is 11.5 Å². The molecule has 0 aliphatic heterocycles. The Morgan fingerprint density at radius 3 is 2.67 bits per heavy atom. The summed E-state index contributed by atoms with van der Waals surface area (Å²) in [5.41, 5.74) is 2.58. The average Bonchev–Trinajstić information content (AvgIpc) is 2.90. The molecule has 0 amide bonds. The van der Waals surface area contributed by atoms with Gasteiger partial charge in [-0.3, -0.25) is 10.1 Å². The van der Waals surface area contributed by atoms with Gasteiger partial charge in [0.1, 0.15) is 11.5 Å². The zero-order valence-electron chi connectivity index (χ0n) is 12.6. The van der Waals surface area contributed by atoms with Gasteiger partial charge in [0.05, 0.1) is 21.5 Å². The van der Waals surface area contributed by atoms with E-state index >= 15 is 0 Å². The first-order valence-electron chi connectivity index (χ1n) is 7.20. The predicted molar refractivity (Wildman–Crippen MR) is 88.1 cm³/mol. The van der Waals surface area contributed by atoms with Crippen LogP contribution in [0, 0.1) is 15.9 Å². The van der Waals surface area contributed by atoms with Crippen LogP contribution in [0.2, 0.25) is 0 Å². The number of hydrogen-bond donors (Lipinski definition) is 0. The molecule has 0 aliphatic rings. The third-order valence-electron chi connectivity index (χ3n) is 3.96. The highest BCUT2D eigenvalue weighted by molar-refractivity contribution is 5.84. The van der Waals surface area contributed by atoms with Crippen molar-refractivity contribution >= 4 is 27.6 Å².